The summed E-state index contributed by atoms with van der Waals surface area (Å²) in [6, 6.07) is 4.75. The van der Waals surface area contributed by atoms with Crippen LogP contribution in [-0.4, -0.2) is 0 Å². The molecule has 0 unspecified atom stereocenters. The largest absolute Gasteiger partial charge is 0.320 e. The highest BCUT2D eigenvalue weighted by atomic mass is 35.5. The van der Waals surface area contributed by atoms with Gasteiger partial charge in [-0.25, -0.2) is 13.2 Å². The van der Waals surface area contributed by atoms with E-state index in [4.69, 9.17) is 5.73 Å². The second-order valence-corrected chi connectivity index (χ2v) is 4.24. The van der Waals surface area contributed by atoms with Crippen molar-refractivity contribution in [1.29, 1.82) is 0 Å². The highest BCUT2D eigenvalue weighted by Gasteiger charge is 2.19. The average molecular weight is 280 g/mol. The maximum atomic E-state index is 13.4. The summed E-state index contributed by atoms with van der Waals surface area (Å²) in [7, 11) is 0. The van der Waals surface area contributed by atoms with Gasteiger partial charge in [0.25, 0.3) is 0 Å². The third-order valence-corrected chi connectivity index (χ3v) is 3.21. The van der Waals surface area contributed by atoms with Gasteiger partial charge < -0.3 is 5.73 Å². The van der Waals surface area contributed by atoms with Crippen molar-refractivity contribution in [2.24, 2.45) is 5.73 Å². The van der Waals surface area contributed by atoms with E-state index in [1.807, 2.05) is 0 Å². The van der Waals surface area contributed by atoms with Crippen LogP contribution in [0.2, 0.25) is 0 Å². The molecule has 0 radical (unpaired) electrons. The first-order chi connectivity index (χ1) is 7.61. The molecule has 17 heavy (non-hydrogen) atoms. The lowest BCUT2D eigenvalue weighted by Crippen LogP contribution is -2.13. The summed E-state index contributed by atoms with van der Waals surface area (Å²) in [5.74, 6) is -3.91. The molecule has 0 saturated carbocycles. The molecule has 0 bridgehead atoms. The Bertz CT molecular complexity index is 502. The van der Waals surface area contributed by atoms with E-state index >= 15 is 0 Å². The molecular formula is C11H9ClF3NS. The smallest absolute Gasteiger partial charge is 0.194 e. The van der Waals surface area contributed by atoms with Gasteiger partial charge >= 0.3 is 0 Å². The van der Waals surface area contributed by atoms with E-state index in [0.717, 1.165) is 12.1 Å². The van der Waals surface area contributed by atoms with Gasteiger partial charge in [0, 0.05) is 10.4 Å². The average Bonchev–Trinajstić information content (AvgIpc) is 2.79. The zero-order valence-corrected chi connectivity index (χ0v) is 10.1. The van der Waals surface area contributed by atoms with Gasteiger partial charge in [-0.3, -0.25) is 0 Å². The van der Waals surface area contributed by atoms with E-state index in [1.54, 1.807) is 17.5 Å². The lowest BCUT2D eigenvalue weighted by Gasteiger charge is -2.11. The molecule has 2 N–H and O–H groups in total. The Balaban J connectivity index is 0.00000144. The molecular weight excluding hydrogens is 271 g/mol. The Kier molecular flexibility index (Phi) is 4.56. The normalized spacial score (nSPS) is 12.0. The molecule has 1 heterocycles. The van der Waals surface area contributed by atoms with Crippen molar-refractivity contribution in [2.45, 2.75) is 6.04 Å². The fourth-order valence-electron chi connectivity index (χ4n) is 1.40. The molecule has 1 atom stereocenters. The predicted molar refractivity (Wildman–Crippen MR) is 63.9 cm³/mol. The van der Waals surface area contributed by atoms with Crippen LogP contribution < -0.4 is 5.73 Å². The molecule has 2 rings (SSSR count). The summed E-state index contributed by atoms with van der Waals surface area (Å²) in [5.41, 5.74) is 5.72. The molecule has 0 aliphatic carbocycles. The minimum Gasteiger partial charge on any atom is -0.320 e. The summed E-state index contributed by atoms with van der Waals surface area (Å²) in [6.45, 7) is 0. The molecule has 0 fully saturated rings. The first-order valence-electron chi connectivity index (χ1n) is 4.53. The van der Waals surface area contributed by atoms with Gasteiger partial charge in [-0.15, -0.1) is 23.7 Å². The number of nitrogens with two attached hydrogens (primary N) is 1. The Morgan fingerprint density at radius 3 is 2.35 bits per heavy atom. The summed E-state index contributed by atoms with van der Waals surface area (Å²) < 4.78 is 39.1. The van der Waals surface area contributed by atoms with Crippen molar-refractivity contribution in [3.05, 3.63) is 57.5 Å². The van der Waals surface area contributed by atoms with Gasteiger partial charge in [-0.1, -0.05) is 12.1 Å². The van der Waals surface area contributed by atoms with Crippen LogP contribution in [0.15, 0.2) is 29.6 Å². The van der Waals surface area contributed by atoms with Gasteiger partial charge in [-0.05, 0) is 17.5 Å². The van der Waals surface area contributed by atoms with Crippen molar-refractivity contribution in [2.75, 3.05) is 0 Å². The Labute approximate surface area is 106 Å². The summed E-state index contributed by atoms with van der Waals surface area (Å²) >= 11 is 1.34. The van der Waals surface area contributed by atoms with Gasteiger partial charge in [0.05, 0.1) is 6.04 Å². The molecule has 1 aromatic heterocycles. The van der Waals surface area contributed by atoms with Crippen molar-refractivity contribution >= 4 is 23.7 Å². The second kappa shape index (κ2) is 5.53. The zero-order chi connectivity index (χ0) is 11.7. The van der Waals surface area contributed by atoms with Crippen molar-refractivity contribution < 1.29 is 13.2 Å². The van der Waals surface area contributed by atoms with Gasteiger partial charge in [0.15, 0.2) is 17.5 Å². The zero-order valence-electron chi connectivity index (χ0n) is 8.49. The minimum absolute atomic E-state index is 0. The van der Waals surface area contributed by atoms with Crippen LogP contribution in [0.25, 0.3) is 0 Å². The van der Waals surface area contributed by atoms with E-state index in [1.165, 1.54) is 11.3 Å². The lowest BCUT2D eigenvalue weighted by molar-refractivity contribution is 0.439. The molecule has 0 saturated heterocycles. The molecule has 6 heteroatoms. The summed E-state index contributed by atoms with van der Waals surface area (Å²) in [5, 5.41) is 1.78. The van der Waals surface area contributed by atoms with Crippen LogP contribution in [0, 0.1) is 17.5 Å². The van der Waals surface area contributed by atoms with Crippen molar-refractivity contribution in [3.63, 3.8) is 0 Å². The molecule has 92 valence electrons. The Morgan fingerprint density at radius 1 is 1.06 bits per heavy atom. The van der Waals surface area contributed by atoms with Gasteiger partial charge in [0.1, 0.15) is 0 Å². The van der Waals surface area contributed by atoms with Crippen molar-refractivity contribution in [1.82, 2.24) is 0 Å². The molecule has 0 aliphatic heterocycles. The highest BCUT2D eigenvalue weighted by Crippen LogP contribution is 2.27. The van der Waals surface area contributed by atoms with Crippen LogP contribution in [0.3, 0.4) is 0 Å². The quantitative estimate of drug-likeness (QED) is 0.835. The van der Waals surface area contributed by atoms with Crippen LogP contribution in [-0.2, 0) is 0 Å². The van der Waals surface area contributed by atoms with Crippen LogP contribution in [0.5, 0.6) is 0 Å². The second-order valence-electron chi connectivity index (χ2n) is 3.26. The van der Waals surface area contributed by atoms with E-state index < -0.39 is 23.5 Å². The van der Waals surface area contributed by atoms with Crippen LogP contribution in [0.4, 0.5) is 13.2 Å². The number of benzene rings is 1. The minimum atomic E-state index is -1.48. The first kappa shape index (κ1) is 14.0. The molecule has 1 nitrogen and oxygen atoms in total. The molecule has 0 spiro atoms. The van der Waals surface area contributed by atoms with E-state index in [-0.39, 0.29) is 18.0 Å². The molecule has 1 aromatic carbocycles. The fourth-order valence-corrected chi connectivity index (χ4v) is 2.15. The third kappa shape index (κ3) is 2.62. The monoisotopic (exact) mass is 279 g/mol. The van der Waals surface area contributed by atoms with Gasteiger partial charge in [0.2, 0.25) is 0 Å². The number of hydrogen-bond donors (Lipinski definition) is 1. The maximum absolute atomic E-state index is 13.4. The van der Waals surface area contributed by atoms with E-state index in [9.17, 15) is 13.2 Å². The fraction of sp³-hybridized carbons (Fsp3) is 0.0909. The Morgan fingerprint density at radius 2 is 1.76 bits per heavy atom. The number of rotatable bonds is 2. The van der Waals surface area contributed by atoms with E-state index in [0.29, 0.717) is 4.88 Å². The van der Waals surface area contributed by atoms with E-state index in [2.05, 4.69) is 0 Å². The topological polar surface area (TPSA) is 26.0 Å². The SMILES string of the molecule is Cl.N[C@@H](c1cccs1)c1ccc(F)c(F)c1F. The highest BCUT2D eigenvalue weighted by molar-refractivity contribution is 7.10. The molecule has 0 amide bonds. The Hall–Kier alpha value is -1.04. The van der Waals surface area contributed by atoms with Gasteiger partial charge in [-0.2, -0.15) is 0 Å². The summed E-state index contributed by atoms with van der Waals surface area (Å²) in [6.07, 6.45) is 0. The molecule has 0 aliphatic rings. The molecule has 2 aromatic rings. The number of thiophene rings is 1. The standard InChI is InChI=1S/C11H8F3NS.ClH/c12-7-4-3-6(9(13)10(7)14)11(15)8-2-1-5-16-8;/h1-5,11H,15H2;1H/t11-;/m1./s1. The number of hydrogen-bond acceptors (Lipinski definition) is 2. The lowest BCUT2D eigenvalue weighted by atomic mass is 10.1. The van der Waals surface area contributed by atoms with Crippen molar-refractivity contribution in [3.8, 4) is 0 Å². The van der Waals surface area contributed by atoms with Crippen LogP contribution in [0.1, 0.15) is 16.5 Å². The summed E-state index contributed by atoms with van der Waals surface area (Å²) in [4.78, 5) is 0.699. The third-order valence-electron chi connectivity index (χ3n) is 2.25. The predicted octanol–water partition coefficient (Wildman–Crippen LogP) is 3.64. The first-order valence-corrected chi connectivity index (χ1v) is 5.41. The van der Waals surface area contributed by atoms with Crippen LogP contribution >= 0.6 is 23.7 Å². The number of halogens is 4. The maximum Gasteiger partial charge on any atom is 0.194 e.